The fourth-order valence-electron chi connectivity index (χ4n) is 1.44. The van der Waals surface area contributed by atoms with E-state index in [1.54, 1.807) is 12.1 Å². The second-order valence-corrected chi connectivity index (χ2v) is 4.50. The van der Waals surface area contributed by atoms with Gasteiger partial charge < -0.3 is 10.1 Å². The number of ether oxygens (including phenoxy) is 1. The maximum atomic E-state index is 13.6. The van der Waals surface area contributed by atoms with Crippen molar-refractivity contribution in [2.45, 2.75) is 19.9 Å². The van der Waals surface area contributed by atoms with Gasteiger partial charge in [0.05, 0.1) is 12.8 Å². The Morgan fingerprint density at radius 2 is 2.12 bits per heavy atom. The van der Waals surface area contributed by atoms with Crippen LogP contribution in [0.2, 0.25) is 5.02 Å². The number of anilines is 1. The van der Waals surface area contributed by atoms with Crippen LogP contribution in [0.4, 0.5) is 10.1 Å². The molecule has 0 saturated carbocycles. The van der Waals surface area contributed by atoms with Gasteiger partial charge in [-0.05, 0) is 24.1 Å². The van der Waals surface area contributed by atoms with Crippen molar-refractivity contribution in [2.75, 3.05) is 12.4 Å². The fourth-order valence-corrected chi connectivity index (χ4v) is 1.59. The molecule has 0 aliphatic carbocycles. The first-order valence-electron chi connectivity index (χ1n) is 5.29. The van der Waals surface area contributed by atoms with Gasteiger partial charge in [-0.1, -0.05) is 25.4 Å². The van der Waals surface area contributed by atoms with E-state index < -0.39 is 5.82 Å². The Kier molecular flexibility index (Phi) is 4.75. The molecule has 5 heteroatoms. The van der Waals surface area contributed by atoms with E-state index in [9.17, 15) is 4.39 Å². The predicted octanol–water partition coefficient (Wildman–Crippen LogP) is 3.54. The van der Waals surface area contributed by atoms with E-state index in [1.165, 1.54) is 13.2 Å². The van der Waals surface area contributed by atoms with Crippen LogP contribution in [0, 0.1) is 17.1 Å². The van der Waals surface area contributed by atoms with Crippen LogP contribution in [0.1, 0.15) is 13.8 Å². The summed E-state index contributed by atoms with van der Waals surface area (Å²) >= 11 is 5.67. The van der Waals surface area contributed by atoms with Crippen LogP contribution in [-0.2, 0) is 4.74 Å². The van der Waals surface area contributed by atoms with Crippen molar-refractivity contribution in [3.63, 3.8) is 0 Å². The second-order valence-electron chi connectivity index (χ2n) is 4.06. The van der Waals surface area contributed by atoms with Gasteiger partial charge in [0.15, 0.2) is 0 Å². The normalized spacial score (nSPS) is 12.4. The summed E-state index contributed by atoms with van der Waals surface area (Å²) in [5, 5.41) is 10.9. The van der Waals surface area contributed by atoms with Gasteiger partial charge in [-0.15, -0.1) is 0 Å². The fraction of sp³-hybridized carbons (Fsp3) is 0.417. The summed E-state index contributed by atoms with van der Waals surface area (Å²) in [4.78, 5) is 0. The molecule has 1 aromatic carbocycles. The van der Waals surface area contributed by atoms with Gasteiger partial charge in [0.25, 0.3) is 0 Å². The molecule has 0 aliphatic heterocycles. The molecule has 1 unspecified atom stereocenters. The summed E-state index contributed by atoms with van der Waals surface area (Å²) in [7, 11) is 1.43. The highest BCUT2D eigenvalue weighted by atomic mass is 35.5. The molecule has 0 spiro atoms. The molecule has 94 valence electrons. The van der Waals surface area contributed by atoms with Crippen LogP contribution in [-0.4, -0.2) is 19.0 Å². The van der Waals surface area contributed by atoms with Crippen molar-refractivity contribution >= 4 is 23.2 Å². The van der Waals surface area contributed by atoms with E-state index in [0.717, 1.165) is 0 Å². The zero-order valence-electron chi connectivity index (χ0n) is 10.1. The predicted molar refractivity (Wildman–Crippen MR) is 68.4 cm³/mol. The first-order valence-corrected chi connectivity index (χ1v) is 5.67. The molecule has 0 saturated heterocycles. The Balaban J connectivity index is 2.90. The molecule has 0 aromatic heterocycles. The Hall–Kier alpha value is -1.29. The lowest BCUT2D eigenvalue weighted by molar-refractivity contribution is 0.366. The molecule has 1 aromatic rings. The number of nitrogens with one attached hydrogen (secondary N) is 2. The standard InChI is InChI=1S/C12H16ClFN2O/c1-7(2)11(12(15)17-3)16-10-5-4-8(13)6-9(10)14/h4-7,11,15-16H,1-3H3. The van der Waals surface area contributed by atoms with E-state index in [1.807, 2.05) is 13.8 Å². The van der Waals surface area contributed by atoms with Gasteiger partial charge in [0.1, 0.15) is 11.9 Å². The molecule has 1 atom stereocenters. The first-order chi connectivity index (χ1) is 7.95. The summed E-state index contributed by atoms with van der Waals surface area (Å²) in [5.74, 6) is -0.251. The smallest absolute Gasteiger partial charge is 0.203 e. The number of hydrogen-bond acceptors (Lipinski definition) is 3. The number of hydrogen-bond donors (Lipinski definition) is 2. The topological polar surface area (TPSA) is 45.1 Å². The number of halogens is 2. The highest BCUT2D eigenvalue weighted by molar-refractivity contribution is 6.30. The van der Waals surface area contributed by atoms with Crippen molar-refractivity contribution in [2.24, 2.45) is 5.92 Å². The average molecular weight is 259 g/mol. The van der Waals surface area contributed by atoms with Crippen molar-refractivity contribution in [3.05, 3.63) is 29.0 Å². The SMILES string of the molecule is COC(=N)C(Nc1ccc(Cl)cc1F)C(C)C. The van der Waals surface area contributed by atoms with Crippen LogP contribution in [0.15, 0.2) is 18.2 Å². The van der Waals surface area contributed by atoms with Crippen LogP contribution >= 0.6 is 11.6 Å². The number of benzene rings is 1. The Morgan fingerprint density at radius 1 is 1.47 bits per heavy atom. The molecule has 0 fully saturated rings. The van der Waals surface area contributed by atoms with E-state index in [-0.39, 0.29) is 17.9 Å². The maximum absolute atomic E-state index is 13.6. The van der Waals surface area contributed by atoms with Gasteiger partial charge in [0.2, 0.25) is 5.90 Å². The molecule has 0 aliphatic rings. The number of rotatable bonds is 4. The first kappa shape index (κ1) is 13.8. The summed E-state index contributed by atoms with van der Waals surface area (Å²) in [6.07, 6.45) is 0. The molecule has 0 heterocycles. The molecule has 3 nitrogen and oxygen atoms in total. The highest BCUT2D eigenvalue weighted by Gasteiger charge is 2.20. The molecular weight excluding hydrogens is 243 g/mol. The Labute approximate surface area is 105 Å². The van der Waals surface area contributed by atoms with E-state index >= 15 is 0 Å². The van der Waals surface area contributed by atoms with Crippen molar-refractivity contribution < 1.29 is 9.13 Å². The molecule has 1 rings (SSSR count). The quantitative estimate of drug-likeness (QED) is 0.641. The molecule has 2 N–H and O–H groups in total. The van der Waals surface area contributed by atoms with Gasteiger partial charge >= 0.3 is 0 Å². The van der Waals surface area contributed by atoms with Crippen LogP contribution in [0.5, 0.6) is 0 Å². The zero-order chi connectivity index (χ0) is 13.0. The van der Waals surface area contributed by atoms with Gasteiger partial charge in [0, 0.05) is 5.02 Å². The molecule has 0 amide bonds. The van der Waals surface area contributed by atoms with Crippen LogP contribution in [0.3, 0.4) is 0 Å². The lowest BCUT2D eigenvalue weighted by Crippen LogP contribution is -2.35. The zero-order valence-corrected chi connectivity index (χ0v) is 10.8. The lowest BCUT2D eigenvalue weighted by Gasteiger charge is -2.23. The van der Waals surface area contributed by atoms with Crippen molar-refractivity contribution in [3.8, 4) is 0 Å². The third-order valence-electron chi connectivity index (χ3n) is 2.41. The van der Waals surface area contributed by atoms with Gasteiger partial charge in [-0.25, -0.2) is 4.39 Å². The Bertz CT molecular complexity index is 409. The monoisotopic (exact) mass is 258 g/mol. The van der Waals surface area contributed by atoms with Crippen molar-refractivity contribution in [1.29, 1.82) is 5.41 Å². The third-order valence-corrected chi connectivity index (χ3v) is 2.65. The van der Waals surface area contributed by atoms with Crippen molar-refractivity contribution in [1.82, 2.24) is 0 Å². The number of methoxy groups -OCH3 is 1. The van der Waals surface area contributed by atoms with E-state index in [0.29, 0.717) is 10.7 Å². The summed E-state index contributed by atoms with van der Waals surface area (Å²) < 4.78 is 18.5. The molecular formula is C12H16ClFN2O. The summed E-state index contributed by atoms with van der Waals surface area (Å²) in [5.41, 5.74) is 0.315. The van der Waals surface area contributed by atoms with Gasteiger partial charge in [-0.2, -0.15) is 0 Å². The van der Waals surface area contributed by atoms with Crippen LogP contribution in [0.25, 0.3) is 0 Å². The minimum absolute atomic E-state index is 0.0781. The van der Waals surface area contributed by atoms with Crippen LogP contribution < -0.4 is 5.32 Å². The summed E-state index contributed by atoms with van der Waals surface area (Å²) in [6.45, 7) is 3.86. The maximum Gasteiger partial charge on any atom is 0.203 e. The lowest BCUT2D eigenvalue weighted by atomic mass is 10.0. The highest BCUT2D eigenvalue weighted by Crippen LogP contribution is 2.21. The Morgan fingerprint density at radius 3 is 2.59 bits per heavy atom. The van der Waals surface area contributed by atoms with Gasteiger partial charge in [-0.3, -0.25) is 5.41 Å². The molecule has 17 heavy (non-hydrogen) atoms. The average Bonchev–Trinajstić information content (AvgIpc) is 2.26. The van der Waals surface area contributed by atoms with E-state index in [4.69, 9.17) is 21.7 Å². The third kappa shape index (κ3) is 3.60. The minimum Gasteiger partial charge on any atom is -0.483 e. The molecule has 0 radical (unpaired) electrons. The summed E-state index contributed by atoms with van der Waals surface area (Å²) in [6, 6.07) is 4.02. The molecule has 0 bridgehead atoms. The second kappa shape index (κ2) is 5.87. The van der Waals surface area contributed by atoms with E-state index in [2.05, 4.69) is 5.32 Å². The minimum atomic E-state index is -0.438. The largest absolute Gasteiger partial charge is 0.483 e.